The van der Waals surface area contributed by atoms with Crippen LogP contribution in [0.5, 0.6) is 0 Å². The molecular formula is C15H16Cl2N2O2. The van der Waals surface area contributed by atoms with Gasteiger partial charge < -0.3 is 10.2 Å². The van der Waals surface area contributed by atoms with E-state index in [1.54, 1.807) is 29.2 Å². The van der Waals surface area contributed by atoms with Crippen LogP contribution in [-0.2, 0) is 9.59 Å². The molecule has 0 spiro atoms. The third-order valence-electron chi connectivity index (χ3n) is 3.36. The van der Waals surface area contributed by atoms with E-state index in [0.717, 1.165) is 0 Å². The number of rotatable bonds is 3. The van der Waals surface area contributed by atoms with Crippen LogP contribution in [0, 0.1) is 0 Å². The van der Waals surface area contributed by atoms with Crippen molar-refractivity contribution in [3.63, 3.8) is 0 Å². The average Bonchev–Trinajstić information content (AvgIpc) is 2.47. The lowest BCUT2D eigenvalue weighted by atomic mass is 10.1. The monoisotopic (exact) mass is 326 g/mol. The zero-order chi connectivity index (χ0) is 15.4. The summed E-state index contributed by atoms with van der Waals surface area (Å²) in [4.78, 5) is 25.6. The van der Waals surface area contributed by atoms with E-state index in [2.05, 4.69) is 5.32 Å². The molecule has 1 aromatic rings. The molecule has 1 N–H and O–H groups in total. The summed E-state index contributed by atoms with van der Waals surface area (Å²) in [5, 5.41) is 3.83. The number of hydrogen-bond donors (Lipinski definition) is 1. The summed E-state index contributed by atoms with van der Waals surface area (Å²) in [5.41, 5.74) is 0.673. The maximum atomic E-state index is 12.3. The van der Waals surface area contributed by atoms with E-state index >= 15 is 0 Å². The van der Waals surface area contributed by atoms with Crippen molar-refractivity contribution in [1.29, 1.82) is 0 Å². The predicted molar refractivity (Wildman–Crippen MR) is 84.3 cm³/mol. The highest BCUT2D eigenvalue weighted by Crippen LogP contribution is 2.22. The predicted octanol–water partition coefficient (Wildman–Crippen LogP) is 2.74. The number of carbonyl (C=O) groups is 2. The number of nitrogens with one attached hydrogen (secondary N) is 1. The Morgan fingerprint density at radius 3 is 2.95 bits per heavy atom. The van der Waals surface area contributed by atoms with Crippen molar-refractivity contribution < 1.29 is 9.59 Å². The topological polar surface area (TPSA) is 49.4 Å². The number of benzene rings is 1. The number of piperazine rings is 1. The fourth-order valence-corrected chi connectivity index (χ4v) is 2.64. The van der Waals surface area contributed by atoms with Gasteiger partial charge in [0.15, 0.2) is 0 Å². The fraction of sp³-hybridized carbons (Fsp3) is 0.333. The van der Waals surface area contributed by atoms with Crippen molar-refractivity contribution in [2.45, 2.75) is 19.4 Å². The minimum atomic E-state index is -0.411. The van der Waals surface area contributed by atoms with Crippen molar-refractivity contribution in [3.05, 3.63) is 39.9 Å². The van der Waals surface area contributed by atoms with Gasteiger partial charge in [0.1, 0.15) is 6.04 Å². The molecule has 0 saturated carbocycles. The Morgan fingerprint density at radius 2 is 2.24 bits per heavy atom. The number of nitrogens with zero attached hydrogens (tertiary/aromatic N) is 1. The van der Waals surface area contributed by atoms with E-state index in [9.17, 15) is 9.59 Å². The highest BCUT2D eigenvalue weighted by atomic mass is 35.5. The quantitative estimate of drug-likeness (QED) is 0.868. The molecule has 112 valence electrons. The lowest BCUT2D eigenvalue weighted by Crippen LogP contribution is -2.56. The van der Waals surface area contributed by atoms with Gasteiger partial charge in [-0.3, -0.25) is 9.59 Å². The van der Waals surface area contributed by atoms with Gasteiger partial charge in [0.05, 0.1) is 0 Å². The highest BCUT2D eigenvalue weighted by molar-refractivity contribution is 6.34. The first kappa shape index (κ1) is 15.9. The van der Waals surface area contributed by atoms with Crippen molar-refractivity contribution in [2.75, 3.05) is 13.1 Å². The van der Waals surface area contributed by atoms with Crippen LogP contribution in [0.1, 0.15) is 18.9 Å². The molecular weight excluding hydrogens is 311 g/mol. The van der Waals surface area contributed by atoms with Crippen LogP contribution in [0.3, 0.4) is 0 Å². The van der Waals surface area contributed by atoms with Gasteiger partial charge in [-0.1, -0.05) is 30.1 Å². The van der Waals surface area contributed by atoms with Crippen molar-refractivity contribution >= 4 is 41.1 Å². The summed E-state index contributed by atoms with van der Waals surface area (Å²) in [6.07, 6.45) is 3.64. The van der Waals surface area contributed by atoms with Gasteiger partial charge in [0, 0.05) is 29.2 Å². The van der Waals surface area contributed by atoms with Crippen molar-refractivity contribution in [3.8, 4) is 0 Å². The number of hydrogen-bond acceptors (Lipinski definition) is 2. The molecule has 4 nitrogen and oxygen atoms in total. The second-order valence-electron chi connectivity index (χ2n) is 4.75. The summed E-state index contributed by atoms with van der Waals surface area (Å²) < 4.78 is 0. The van der Waals surface area contributed by atoms with Crippen molar-refractivity contribution in [1.82, 2.24) is 10.2 Å². The molecule has 0 radical (unpaired) electrons. The Bertz CT molecular complexity index is 587. The van der Waals surface area contributed by atoms with Gasteiger partial charge >= 0.3 is 0 Å². The fourth-order valence-electron chi connectivity index (χ4n) is 2.28. The van der Waals surface area contributed by atoms with E-state index in [1.807, 2.05) is 6.92 Å². The largest absolute Gasteiger partial charge is 0.353 e. The Hall–Kier alpha value is -1.52. The first-order valence-corrected chi connectivity index (χ1v) is 7.50. The molecule has 1 saturated heterocycles. The van der Waals surface area contributed by atoms with Crippen LogP contribution in [0.15, 0.2) is 24.3 Å². The molecule has 1 aliphatic rings. The lowest BCUT2D eigenvalue weighted by molar-refractivity contribution is -0.140. The van der Waals surface area contributed by atoms with Crippen LogP contribution < -0.4 is 5.32 Å². The summed E-state index contributed by atoms with van der Waals surface area (Å²) in [6, 6.07) is 4.64. The van der Waals surface area contributed by atoms with Gasteiger partial charge in [-0.2, -0.15) is 0 Å². The van der Waals surface area contributed by atoms with Crippen LogP contribution in [-0.4, -0.2) is 35.8 Å². The summed E-state index contributed by atoms with van der Waals surface area (Å²) >= 11 is 12.0. The van der Waals surface area contributed by atoms with E-state index in [-0.39, 0.29) is 11.8 Å². The van der Waals surface area contributed by atoms with Crippen LogP contribution in [0.4, 0.5) is 0 Å². The van der Waals surface area contributed by atoms with E-state index in [0.29, 0.717) is 35.1 Å². The van der Waals surface area contributed by atoms with E-state index < -0.39 is 6.04 Å². The lowest BCUT2D eigenvalue weighted by Gasteiger charge is -2.33. The zero-order valence-corrected chi connectivity index (χ0v) is 13.1. The molecule has 1 heterocycles. The SMILES string of the molecule is CCC1C(=O)NCCN1C(=O)C=Cc1cc(Cl)ccc1Cl. The van der Waals surface area contributed by atoms with Crippen LogP contribution in [0.2, 0.25) is 10.0 Å². The summed E-state index contributed by atoms with van der Waals surface area (Å²) in [5.74, 6) is -0.306. The first-order valence-electron chi connectivity index (χ1n) is 6.74. The molecule has 0 bridgehead atoms. The van der Waals surface area contributed by atoms with E-state index in [1.165, 1.54) is 6.08 Å². The Morgan fingerprint density at radius 1 is 1.48 bits per heavy atom. The van der Waals surface area contributed by atoms with Gasteiger partial charge in [0.2, 0.25) is 11.8 Å². The number of carbonyl (C=O) groups excluding carboxylic acids is 2. The molecule has 1 atom stereocenters. The maximum absolute atomic E-state index is 12.3. The van der Waals surface area contributed by atoms with Crippen molar-refractivity contribution in [2.24, 2.45) is 0 Å². The average molecular weight is 327 g/mol. The molecule has 2 rings (SSSR count). The molecule has 0 aliphatic carbocycles. The van der Waals surface area contributed by atoms with Gasteiger partial charge in [-0.15, -0.1) is 0 Å². The Kier molecular flexibility index (Phi) is 5.26. The third kappa shape index (κ3) is 3.77. The normalized spacial score (nSPS) is 18.9. The minimum Gasteiger partial charge on any atom is -0.353 e. The highest BCUT2D eigenvalue weighted by Gasteiger charge is 2.30. The Labute approximate surface area is 133 Å². The second kappa shape index (κ2) is 6.96. The van der Waals surface area contributed by atoms with Crippen LogP contribution in [0.25, 0.3) is 6.08 Å². The van der Waals surface area contributed by atoms with Gasteiger partial charge in [0.25, 0.3) is 0 Å². The molecule has 6 heteroatoms. The minimum absolute atomic E-state index is 0.105. The second-order valence-corrected chi connectivity index (χ2v) is 5.59. The van der Waals surface area contributed by atoms with Gasteiger partial charge in [-0.05, 0) is 36.3 Å². The van der Waals surface area contributed by atoms with E-state index in [4.69, 9.17) is 23.2 Å². The third-order valence-corrected chi connectivity index (χ3v) is 3.94. The molecule has 1 aromatic carbocycles. The molecule has 1 aliphatic heterocycles. The van der Waals surface area contributed by atoms with Gasteiger partial charge in [-0.25, -0.2) is 0 Å². The zero-order valence-electron chi connectivity index (χ0n) is 11.6. The molecule has 0 aromatic heterocycles. The smallest absolute Gasteiger partial charge is 0.247 e. The standard InChI is InChI=1S/C15H16Cl2N2O2/c1-2-13-15(21)18-7-8-19(13)14(20)6-3-10-9-11(16)4-5-12(10)17/h3-6,9,13H,2,7-8H2,1H3,(H,18,21). The maximum Gasteiger partial charge on any atom is 0.247 e. The number of amides is 2. The van der Waals surface area contributed by atoms with Crippen LogP contribution >= 0.6 is 23.2 Å². The molecule has 1 unspecified atom stereocenters. The summed E-state index contributed by atoms with van der Waals surface area (Å²) in [6.45, 7) is 2.87. The Balaban J connectivity index is 2.14. The first-order chi connectivity index (χ1) is 10.0. The molecule has 21 heavy (non-hydrogen) atoms. The summed E-state index contributed by atoms with van der Waals surface area (Å²) in [7, 11) is 0. The molecule has 2 amide bonds. The number of halogens is 2. The molecule has 1 fully saturated rings.